The van der Waals surface area contributed by atoms with E-state index in [2.05, 4.69) is 15.9 Å². The maximum Gasteiger partial charge on any atom is 0.127 e. The Morgan fingerprint density at radius 3 is 2.43 bits per heavy atom. The van der Waals surface area contributed by atoms with E-state index < -0.39 is 0 Å². The van der Waals surface area contributed by atoms with Crippen LogP contribution in [-0.4, -0.2) is 14.2 Å². The maximum absolute atomic E-state index is 5.94. The minimum absolute atomic E-state index is 0.384. The number of alkyl halides is 1. The number of rotatable bonds is 6. The van der Waals surface area contributed by atoms with Gasteiger partial charge in [-0.25, -0.2) is 0 Å². The molecule has 0 atom stereocenters. The van der Waals surface area contributed by atoms with Gasteiger partial charge in [0.2, 0.25) is 0 Å². The van der Waals surface area contributed by atoms with E-state index in [4.69, 9.17) is 25.8 Å². The van der Waals surface area contributed by atoms with Gasteiger partial charge < -0.3 is 14.2 Å². The molecule has 0 aliphatic heterocycles. The second-order valence-electron chi connectivity index (χ2n) is 4.35. The summed E-state index contributed by atoms with van der Waals surface area (Å²) in [4.78, 5) is 0. The Kier molecular flexibility index (Phi) is 5.76. The van der Waals surface area contributed by atoms with Crippen molar-refractivity contribution in [1.29, 1.82) is 0 Å². The van der Waals surface area contributed by atoms with Crippen molar-refractivity contribution in [2.45, 2.75) is 12.5 Å². The van der Waals surface area contributed by atoms with Crippen LogP contribution in [0.3, 0.4) is 0 Å². The van der Waals surface area contributed by atoms with Gasteiger partial charge in [0.1, 0.15) is 23.9 Å². The lowest BCUT2D eigenvalue weighted by atomic mass is 10.2. The highest BCUT2D eigenvalue weighted by molar-refractivity contribution is 9.10. The fraction of sp³-hybridized carbons (Fsp3) is 0.250. The molecule has 0 amide bonds. The van der Waals surface area contributed by atoms with Gasteiger partial charge in [-0.1, -0.05) is 22.0 Å². The highest BCUT2D eigenvalue weighted by atomic mass is 79.9. The third kappa shape index (κ3) is 4.05. The van der Waals surface area contributed by atoms with Gasteiger partial charge >= 0.3 is 0 Å². The molecule has 0 bridgehead atoms. The predicted octanol–water partition coefficient (Wildman–Crippen LogP) is 4.78. The van der Waals surface area contributed by atoms with Crippen molar-refractivity contribution in [3.63, 3.8) is 0 Å². The summed E-state index contributed by atoms with van der Waals surface area (Å²) in [6.07, 6.45) is 0. The molecule has 0 spiro atoms. The summed E-state index contributed by atoms with van der Waals surface area (Å²) in [5.41, 5.74) is 1.88. The van der Waals surface area contributed by atoms with E-state index in [1.54, 1.807) is 14.2 Å². The van der Waals surface area contributed by atoms with Crippen molar-refractivity contribution in [3.8, 4) is 17.2 Å². The second-order valence-corrected chi connectivity index (χ2v) is 5.54. The van der Waals surface area contributed by atoms with Crippen LogP contribution < -0.4 is 14.2 Å². The third-order valence-electron chi connectivity index (χ3n) is 3.04. The average molecular weight is 372 g/mol. The first kappa shape index (κ1) is 16.0. The van der Waals surface area contributed by atoms with Gasteiger partial charge in [-0.3, -0.25) is 0 Å². The molecule has 0 aliphatic carbocycles. The quantitative estimate of drug-likeness (QED) is 0.684. The van der Waals surface area contributed by atoms with Crippen LogP contribution in [0.5, 0.6) is 17.2 Å². The summed E-state index contributed by atoms with van der Waals surface area (Å²) >= 11 is 9.39. The Hall–Kier alpha value is -1.39. The van der Waals surface area contributed by atoms with E-state index in [1.165, 1.54) is 0 Å². The summed E-state index contributed by atoms with van der Waals surface area (Å²) in [7, 11) is 3.26. The SMILES string of the molecule is COc1ccc(CCl)c(OCc2cc(Br)ccc2OC)c1. The number of hydrogen-bond acceptors (Lipinski definition) is 3. The van der Waals surface area contributed by atoms with Gasteiger partial charge in [-0.2, -0.15) is 0 Å². The van der Waals surface area contributed by atoms with Crippen molar-refractivity contribution in [1.82, 2.24) is 0 Å². The van der Waals surface area contributed by atoms with Crippen LogP contribution in [0.1, 0.15) is 11.1 Å². The molecule has 0 heterocycles. The van der Waals surface area contributed by atoms with E-state index in [1.807, 2.05) is 36.4 Å². The minimum Gasteiger partial charge on any atom is -0.497 e. The van der Waals surface area contributed by atoms with Gasteiger partial charge in [0.25, 0.3) is 0 Å². The molecular weight excluding hydrogens is 356 g/mol. The number of methoxy groups -OCH3 is 2. The van der Waals surface area contributed by atoms with E-state index >= 15 is 0 Å². The monoisotopic (exact) mass is 370 g/mol. The number of ether oxygens (including phenoxy) is 3. The predicted molar refractivity (Wildman–Crippen MR) is 87.6 cm³/mol. The first-order chi connectivity index (χ1) is 10.2. The number of hydrogen-bond donors (Lipinski definition) is 0. The normalized spacial score (nSPS) is 10.3. The van der Waals surface area contributed by atoms with Crippen LogP contribution in [0.2, 0.25) is 0 Å². The Labute approximate surface area is 137 Å². The molecule has 0 aliphatic rings. The van der Waals surface area contributed by atoms with Crippen LogP contribution >= 0.6 is 27.5 Å². The average Bonchev–Trinajstić information content (AvgIpc) is 2.52. The van der Waals surface area contributed by atoms with E-state index in [-0.39, 0.29) is 0 Å². The molecule has 2 aromatic rings. The molecule has 3 nitrogen and oxygen atoms in total. The minimum atomic E-state index is 0.384. The highest BCUT2D eigenvalue weighted by Gasteiger charge is 2.08. The van der Waals surface area contributed by atoms with E-state index in [9.17, 15) is 0 Å². The fourth-order valence-electron chi connectivity index (χ4n) is 1.92. The Bertz CT molecular complexity index is 616. The number of halogens is 2. The molecule has 2 aromatic carbocycles. The van der Waals surface area contributed by atoms with E-state index in [0.717, 1.165) is 27.1 Å². The van der Waals surface area contributed by atoms with Crippen molar-refractivity contribution >= 4 is 27.5 Å². The topological polar surface area (TPSA) is 27.7 Å². The van der Waals surface area contributed by atoms with Crippen molar-refractivity contribution in [2.75, 3.05) is 14.2 Å². The highest BCUT2D eigenvalue weighted by Crippen LogP contribution is 2.29. The van der Waals surface area contributed by atoms with Gasteiger partial charge in [-0.05, 0) is 24.3 Å². The summed E-state index contributed by atoms with van der Waals surface area (Å²) in [5, 5.41) is 0. The smallest absolute Gasteiger partial charge is 0.127 e. The lowest BCUT2D eigenvalue weighted by Crippen LogP contribution is -2.01. The lowest BCUT2D eigenvalue weighted by molar-refractivity contribution is 0.292. The zero-order valence-corrected chi connectivity index (χ0v) is 14.2. The molecule has 21 heavy (non-hydrogen) atoms. The molecule has 0 saturated carbocycles. The molecule has 0 saturated heterocycles. The summed E-state index contributed by atoms with van der Waals surface area (Å²) in [6, 6.07) is 11.4. The van der Waals surface area contributed by atoms with Crippen molar-refractivity contribution in [2.24, 2.45) is 0 Å². The molecule has 112 valence electrons. The Balaban J connectivity index is 2.21. The van der Waals surface area contributed by atoms with Crippen LogP contribution in [0.15, 0.2) is 40.9 Å². The van der Waals surface area contributed by atoms with Gasteiger partial charge in [-0.15, -0.1) is 11.6 Å². The standard InChI is InChI=1S/C16H16BrClO3/c1-19-14-5-3-11(9-18)16(8-14)21-10-12-7-13(17)4-6-15(12)20-2/h3-8H,9-10H2,1-2H3. The molecule has 0 radical (unpaired) electrons. The maximum atomic E-state index is 5.94. The zero-order chi connectivity index (χ0) is 15.2. The Morgan fingerprint density at radius 2 is 1.76 bits per heavy atom. The Morgan fingerprint density at radius 1 is 0.952 bits per heavy atom. The first-order valence-electron chi connectivity index (χ1n) is 6.36. The van der Waals surface area contributed by atoms with Gasteiger partial charge in [0, 0.05) is 21.7 Å². The van der Waals surface area contributed by atoms with Crippen LogP contribution in [0.4, 0.5) is 0 Å². The lowest BCUT2D eigenvalue weighted by Gasteiger charge is -2.14. The third-order valence-corrected chi connectivity index (χ3v) is 3.83. The first-order valence-corrected chi connectivity index (χ1v) is 7.68. The van der Waals surface area contributed by atoms with Crippen LogP contribution in [0.25, 0.3) is 0 Å². The summed E-state index contributed by atoms with van der Waals surface area (Å²) in [6.45, 7) is 0.389. The van der Waals surface area contributed by atoms with Gasteiger partial charge in [0.05, 0.1) is 20.1 Å². The largest absolute Gasteiger partial charge is 0.497 e. The van der Waals surface area contributed by atoms with Gasteiger partial charge in [0.15, 0.2) is 0 Å². The summed E-state index contributed by atoms with van der Waals surface area (Å²) in [5.74, 6) is 2.62. The molecule has 0 fully saturated rings. The van der Waals surface area contributed by atoms with E-state index in [0.29, 0.717) is 18.2 Å². The van der Waals surface area contributed by atoms with Crippen LogP contribution in [-0.2, 0) is 12.5 Å². The zero-order valence-electron chi connectivity index (χ0n) is 11.9. The molecule has 0 N–H and O–H groups in total. The summed E-state index contributed by atoms with van der Waals surface area (Å²) < 4.78 is 17.4. The second kappa shape index (κ2) is 7.57. The molecular formula is C16H16BrClO3. The van der Waals surface area contributed by atoms with Crippen molar-refractivity contribution in [3.05, 3.63) is 52.0 Å². The molecule has 0 unspecified atom stereocenters. The fourth-order valence-corrected chi connectivity index (χ4v) is 2.55. The van der Waals surface area contributed by atoms with Crippen LogP contribution in [0, 0.1) is 0 Å². The molecule has 0 aromatic heterocycles. The number of benzene rings is 2. The molecule has 2 rings (SSSR count). The molecule has 5 heteroatoms. The van der Waals surface area contributed by atoms with Crippen molar-refractivity contribution < 1.29 is 14.2 Å².